The van der Waals surface area contributed by atoms with Crippen LogP contribution in [0, 0.1) is 17.5 Å². The van der Waals surface area contributed by atoms with Gasteiger partial charge in [-0.05, 0) is 42.5 Å². The number of carbonyl (C=O) groups is 2. The van der Waals surface area contributed by atoms with Gasteiger partial charge in [0.1, 0.15) is 17.1 Å². The van der Waals surface area contributed by atoms with Crippen molar-refractivity contribution in [3.8, 4) is 23.0 Å². The summed E-state index contributed by atoms with van der Waals surface area (Å²) in [5.41, 5.74) is 0.586. The minimum atomic E-state index is -5.30. The summed E-state index contributed by atoms with van der Waals surface area (Å²) in [5.74, 6) is -12.0. The topological polar surface area (TPSA) is 99.9 Å². The predicted octanol–water partition coefficient (Wildman–Crippen LogP) is 6.17. The molecule has 0 saturated carbocycles. The Kier molecular flexibility index (Phi) is 7.88. The summed E-state index contributed by atoms with van der Waals surface area (Å²) in [6.07, 6.45) is -10.6. The molecule has 208 valence electrons. The number of halogens is 9. The monoisotopic (exact) mass is 568 g/mol. The van der Waals surface area contributed by atoms with Gasteiger partial charge in [-0.25, -0.2) is 8.78 Å². The van der Waals surface area contributed by atoms with E-state index in [0.717, 1.165) is 19.2 Å². The zero-order valence-corrected chi connectivity index (χ0v) is 19.1. The molecule has 0 spiro atoms. The number of anilines is 1. The number of ether oxygens (including phenoxy) is 3. The second kappa shape index (κ2) is 10.6. The first-order valence-corrected chi connectivity index (χ1v) is 10.1. The minimum absolute atomic E-state index is 0.189. The van der Waals surface area contributed by atoms with Gasteiger partial charge in [0.25, 0.3) is 11.8 Å². The summed E-state index contributed by atoms with van der Waals surface area (Å²) in [6, 6.07) is 4.05. The lowest BCUT2D eigenvalue weighted by Crippen LogP contribution is -2.20. The number of methoxy groups -OCH3 is 1. The van der Waals surface area contributed by atoms with Crippen LogP contribution in [0.25, 0.3) is 0 Å². The van der Waals surface area contributed by atoms with Crippen molar-refractivity contribution in [3.63, 3.8) is 0 Å². The largest absolute Gasteiger partial charge is 0.573 e. The molecule has 0 heterocycles. The van der Waals surface area contributed by atoms with Crippen LogP contribution in [0.1, 0.15) is 26.3 Å². The average Bonchev–Trinajstić information content (AvgIpc) is 2.80. The lowest BCUT2D eigenvalue weighted by molar-refractivity contribution is -0.275. The summed E-state index contributed by atoms with van der Waals surface area (Å²) < 4.78 is 134. The van der Waals surface area contributed by atoms with E-state index in [-0.39, 0.29) is 6.07 Å². The third-order valence-electron chi connectivity index (χ3n) is 4.80. The molecule has 0 fully saturated rings. The van der Waals surface area contributed by atoms with E-state index in [9.17, 15) is 44.7 Å². The highest BCUT2D eigenvalue weighted by atomic mass is 19.4. The van der Waals surface area contributed by atoms with Crippen molar-refractivity contribution < 1.29 is 63.3 Å². The average molecular weight is 568 g/mol. The van der Waals surface area contributed by atoms with Crippen LogP contribution >= 0.6 is 0 Å². The highest BCUT2D eigenvalue weighted by Gasteiger charge is 2.38. The molecule has 3 rings (SSSR count). The standard InChI is InChI=1S/C23H13F9N2O5/c1-37-19-15(7-6-14(18(19)26)39-23(30,31)32)38-13-5-3-11(22(27,28)29)17(25)16(13)21(36)34-9-2-4-12(24)10(8-9)20(33)35/h2-8H,1H3,(H2,33,35)(H,34,36). The molecule has 3 N–H and O–H groups in total. The molecular formula is C23H13F9N2O5. The lowest BCUT2D eigenvalue weighted by atomic mass is 10.1. The third-order valence-corrected chi connectivity index (χ3v) is 4.80. The van der Waals surface area contributed by atoms with Crippen LogP contribution < -0.4 is 25.3 Å². The van der Waals surface area contributed by atoms with Crippen LogP contribution in [0.2, 0.25) is 0 Å². The van der Waals surface area contributed by atoms with E-state index in [2.05, 4.69) is 9.47 Å². The second-order valence-electron chi connectivity index (χ2n) is 7.37. The third kappa shape index (κ3) is 6.45. The van der Waals surface area contributed by atoms with Crippen molar-refractivity contribution in [2.24, 2.45) is 5.73 Å². The normalized spacial score (nSPS) is 11.6. The molecule has 0 aliphatic heterocycles. The Hall–Kier alpha value is -4.63. The van der Waals surface area contributed by atoms with Crippen molar-refractivity contribution in [1.82, 2.24) is 0 Å². The van der Waals surface area contributed by atoms with Gasteiger partial charge in [-0.1, -0.05) is 0 Å². The molecule has 0 aromatic heterocycles. The number of alkyl halides is 6. The Labute approximate surface area is 211 Å². The van der Waals surface area contributed by atoms with Crippen LogP contribution in [0.3, 0.4) is 0 Å². The van der Waals surface area contributed by atoms with Crippen molar-refractivity contribution in [1.29, 1.82) is 0 Å². The van der Waals surface area contributed by atoms with Crippen molar-refractivity contribution >= 4 is 17.5 Å². The number of primary amides is 1. The molecule has 7 nitrogen and oxygen atoms in total. The molecule has 0 bridgehead atoms. The van der Waals surface area contributed by atoms with Gasteiger partial charge in [0.15, 0.2) is 17.3 Å². The summed E-state index contributed by atoms with van der Waals surface area (Å²) in [4.78, 5) is 24.2. The number of hydrogen-bond donors (Lipinski definition) is 2. The number of hydrogen-bond acceptors (Lipinski definition) is 5. The summed E-state index contributed by atoms with van der Waals surface area (Å²) in [6.45, 7) is 0. The van der Waals surface area contributed by atoms with Crippen LogP contribution in [0.5, 0.6) is 23.0 Å². The predicted molar refractivity (Wildman–Crippen MR) is 114 cm³/mol. The number of amides is 2. The van der Waals surface area contributed by atoms with Crippen molar-refractivity contribution in [3.05, 3.63) is 76.6 Å². The molecule has 0 unspecified atom stereocenters. The van der Waals surface area contributed by atoms with E-state index < -0.39 is 87.2 Å². The number of nitrogens with one attached hydrogen (secondary N) is 1. The second-order valence-corrected chi connectivity index (χ2v) is 7.37. The van der Waals surface area contributed by atoms with E-state index in [4.69, 9.17) is 10.5 Å². The summed E-state index contributed by atoms with van der Waals surface area (Å²) >= 11 is 0. The molecule has 0 aliphatic carbocycles. The number of carbonyl (C=O) groups excluding carboxylic acids is 2. The van der Waals surface area contributed by atoms with Crippen LogP contribution in [0.15, 0.2) is 42.5 Å². The first kappa shape index (κ1) is 28.9. The minimum Gasteiger partial charge on any atom is -0.490 e. The molecule has 16 heteroatoms. The first-order chi connectivity index (χ1) is 18.0. The maximum Gasteiger partial charge on any atom is 0.573 e. The van der Waals surface area contributed by atoms with Gasteiger partial charge in [-0.15, -0.1) is 13.2 Å². The van der Waals surface area contributed by atoms with Crippen LogP contribution in [-0.4, -0.2) is 25.3 Å². The first-order valence-electron chi connectivity index (χ1n) is 10.1. The fourth-order valence-electron chi connectivity index (χ4n) is 3.17. The SMILES string of the molecule is COc1c(Oc2ccc(C(F)(F)F)c(F)c2C(=O)Nc2ccc(F)c(C(N)=O)c2)ccc(OC(F)(F)F)c1F. The fraction of sp³-hybridized carbons (Fsp3) is 0.130. The van der Waals surface area contributed by atoms with Gasteiger partial charge >= 0.3 is 12.5 Å². The van der Waals surface area contributed by atoms with Crippen LogP contribution in [-0.2, 0) is 6.18 Å². The van der Waals surface area contributed by atoms with Gasteiger partial charge in [0, 0.05) is 5.69 Å². The van der Waals surface area contributed by atoms with Crippen molar-refractivity contribution in [2.45, 2.75) is 12.5 Å². The number of nitrogens with two attached hydrogens (primary N) is 1. The van der Waals surface area contributed by atoms with E-state index in [1.54, 1.807) is 0 Å². The quantitative estimate of drug-likeness (QED) is 0.332. The fourth-order valence-corrected chi connectivity index (χ4v) is 3.17. The molecule has 39 heavy (non-hydrogen) atoms. The van der Waals surface area contributed by atoms with Gasteiger partial charge in [0.05, 0.1) is 18.2 Å². The van der Waals surface area contributed by atoms with Crippen LogP contribution in [0.4, 0.5) is 45.2 Å². The summed E-state index contributed by atoms with van der Waals surface area (Å²) in [7, 11) is 0.800. The molecule has 0 atom stereocenters. The zero-order valence-electron chi connectivity index (χ0n) is 19.1. The van der Waals surface area contributed by atoms with E-state index in [1.165, 1.54) is 0 Å². The summed E-state index contributed by atoms with van der Waals surface area (Å²) in [5, 5.41) is 1.95. The van der Waals surface area contributed by atoms with E-state index in [0.29, 0.717) is 24.3 Å². The Morgan fingerprint density at radius 3 is 2.03 bits per heavy atom. The Morgan fingerprint density at radius 2 is 1.46 bits per heavy atom. The number of rotatable bonds is 7. The molecule has 3 aromatic carbocycles. The molecule has 3 aromatic rings. The lowest BCUT2D eigenvalue weighted by Gasteiger charge is -2.18. The highest BCUT2D eigenvalue weighted by molar-refractivity contribution is 6.07. The van der Waals surface area contributed by atoms with Gasteiger partial charge in [-0.2, -0.15) is 17.6 Å². The molecular weight excluding hydrogens is 555 g/mol. The highest BCUT2D eigenvalue weighted by Crippen LogP contribution is 2.42. The van der Waals surface area contributed by atoms with Crippen molar-refractivity contribution in [2.75, 3.05) is 12.4 Å². The Balaban J connectivity index is 2.10. The Morgan fingerprint density at radius 1 is 0.846 bits per heavy atom. The number of benzene rings is 3. The maximum atomic E-state index is 15.0. The molecule has 2 amide bonds. The van der Waals surface area contributed by atoms with Gasteiger partial charge in [0.2, 0.25) is 11.6 Å². The van der Waals surface area contributed by atoms with E-state index >= 15 is 4.39 Å². The van der Waals surface area contributed by atoms with E-state index in [1.807, 2.05) is 5.32 Å². The Bertz CT molecular complexity index is 1440. The maximum absolute atomic E-state index is 15.0. The van der Waals surface area contributed by atoms with Gasteiger partial charge in [-0.3, -0.25) is 9.59 Å². The molecule has 0 aliphatic rings. The molecule has 0 radical (unpaired) electrons. The molecule has 0 saturated heterocycles. The van der Waals surface area contributed by atoms with Gasteiger partial charge < -0.3 is 25.3 Å². The zero-order chi connectivity index (χ0) is 29.3. The smallest absolute Gasteiger partial charge is 0.490 e.